The zero-order valence-electron chi connectivity index (χ0n) is 9.89. The number of rotatable bonds is 2. The van der Waals surface area contributed by atoms with Crippen LogP contribution >= 0.6 is 27.5 Å². The van der Waals surface area contributed by atoms with E-state index in [1.165, 1.54) is 12.3 Å². The van der Waals surface area contributed by atoms with Gasteiger partial charge in [0.25, 0.3) is 0 Å². The van der Waals surface area contributed by atoms with Crippen LogP contribution in [0.4, 0.5) is 0 Å². The van der Waals surface area contributed by atoms with Gasteiger partial charge in [-0.25, -0.2) is 14.8 Å². The van der Waals surface area contributed by atoms with Crippen molar-refractivity contribution >= 4 is 44.7 Å². The van der Waals surface area contributed by atoms with Crippen molar-refractivity contribution in [1.82, 2.24) is 15.0 Å². The average Bonchev–Trinajstić information content (AvgIpc) is 2.85. The standard InChI is InChI=1S/C13H7BrClN3O2/c14-8-5-6(1-2-9(8)15)11-17-10-7(13(19)20)3-4-16-12(10)18-11/h1-5H,(H,19,20)(H,16,17,18). The summed E-state index contributed by atoms with van der Waals surface area (Å²) >= 11 is 9.29. The molecular weight excluding hydrogens is 346 g/mol. The van der Waals surface area contributed by atoms with Gasteiger partial charge in [-0.2, -0.15) is 0 Å². The van der Waals surface area contributed by atoms with Gasteiger partial charge in [-0.1, -0.05) is 11.6 Å². The monoisotopic (exact) mass is 351 g/mol. The Bertz CT molecular complexity index is 832. The van der Waals surface area contributed by atoms with Gasteiger partial charge >= 0.3 is 5.97 Å². The lowest BCUT2D eigenvalue weighted by Gasteiger charge is -1.99. The second-order valence-electron chi connectivity index (χ2n) is 4.08. The van der Waals surface area contributed by atoms with E-state index in [4.69, 9.17) is 16.7 Å². The van der Waals surface area contributed by atoms with Gasteiger partial charge in [0, 0.05) is 16.2 Å². The molecule has 5 nitrogen and oxygen atoms in total. The topological polar surface area (TPSA) is 78.9 Å². The largest absolute Gasteiger partial charge is 0.478 e. The number of carbonyl (C=O) groups is 1. The molecule has 0 radical (unpaired) electrons. The van der Waals surface area contributed by atoms with Gasteiger partial charge < -0.3 is 10.1 Å². The third-order valence-corrected chi connectivity index (χ3v) is 4.03. The van der Waals surface area contributed by atoms with E-state index in [1.54, 1.807) is 18.2 Å². The molecule has 0 fully saturated rings. The number of nitrogens with one attached hydrogen (secondary N) is 1. The van der Waals surface area contributed by atoms with Crippen molar-refractivity contribution in [2.75, 3.05) is 0 Å². The molecule has 1 aromatic carbocycles. The molecule has 2 aromatic heterocycles. The predicted octanol–water partition coefficient (Wildman–Crippen LogP) is 3.74. The number of imidazole rings is 1. The number of nitrogens with zero attached hydrogens (tertiary/aromatic N) is 2. The quantitative estimate of drug-likeness (QED) is 0.736. The molecule has 0 unspecified atom stereocenters. The van der Waals surface area contributed by atoms with E-state index in [0.29, 0.717) is 22.0 Å². The van der Waals surface area contributed by atoms with Crippen LogP contribution in [0.3, 0.4) is 0 Å². The number of H-pyrrole nitrogens is 1. The number of aromatic nitrogens is 3. The molecule has 2 N–H and O–H groups in total. The lowest BCUT2D eigenvalue weighted by atomic mass is 10.2. The summed E-state index contributed by atoms with van der Waals surface area (Å²) in [7, 11) is 0. The molecule has 7 heteroatoms. The van der Waals surface area contributed by atoms with E-state index in [-0.39, 0.29) is 5.56 Å². The number of pyridine rings is 1. The lowest BCUT2D eigenvalue weighted by molar-refractivity contribution is 0.0699. The molecule has 0 amide bonds. The second-order valence-corrected chi connectivity index (χ2v) is 5.34. The third-order valence-electron chi connectivity index (χ3n) is 2.82. The molecule has 0 aliphatic heterocycles. The highest BCUT2D eigenvalue weighted by atomic mass is 79.9. The molecule has 0 aliphatic carbocycles. The number of fused-ring (bicyclic) bond motifs is 1. The van der Waals surface area contributed by atoms with E-state index in [9.17, 15) is 4.79 Å². The zero-order valence-corrected chi connectivity index (χ0v) is 12.2. The summed E-state index contributed by atoms with van der Waals surface area (Å²) in [5.74, 6) is -0.483. The minimum Gasteiger partial charge on any atom is -0.478 e. The van der Waals surface area contributed by atoms with Gasteiger partial charge in [-0.05, 0) is 40.2 Å². The Kier molecular flexibility index (Phi) is 3.19. The molecule has 20 heavy (non-hydrogen) atoms. The van der Waals surface area contributed by atoms with Crippen molar-refractivity contribution in [2.24, 2.45) is 0 Å². The average molecular weight is 353 g/mol. The molecule has 0 spiro atoms. The molecule has 0 saturated carbocycles. The summed E-state index contributed by atoms with van der Waals surface area (Å²) in [6.45, 7) is 0. The van der Waals surface area contributed by atoms with Crippen LogP contribution in [-0.2, 0) is 0 Å². The summed E-state index contributed by atoms with van der Waals surface area (Å²) in [6.07, 6.45) is 1.42. The summed E-state index contributed by atoms with van der Waals surface area (Å²) < 4.78 is 0.739. The highest BCUT2D eigenvalue weighted by Gasteiger charge is 2.14. The minimum atomic E-state index is -1.02. The third kappa shape index (κ3) is 2.17. The Morgan fingerprint density at radius 1 is 1.35 bits per heavy atom. The summed E-state index contributed by atoms with van der Waals surface area (Å²) in [5, 5.41) is 9.73. The number of aromatic carboxylic acids is 1. The van der Waals surface area contributed by atoms with Gasteiger partial charge in [0.15, 0.2) is 5.65 Å². The molecule has 0 atom stereocenters. The van der Waals surface area contributed by atoms with Gasteiger partial charge in [0.1, 0.15) is 5.82 Å². The number of benzene rings is 1. The molecule has 3 rings (SSSR count). The van der Waals surface area contributed by atoms with Crippen LogP contribution in [0.1, 0.15) is 10.4 Å². The Hall–Kier alpha value is -1.92. The van der Waals surface area contributed by atoms with Gasteiger partial charge in [0.05, 0.1) is 16.1 Å². The van der Waals surface area contributed by atoms with Crippen molar-refractivity contribution in [2.45, 2.75) is 0 Å². The SMILES string of the molecule is O=C(O)c1ccnc2nc(-c3ccc(Cl)c(Br)c3)[nH]c12. The minimum absolute atomic E-state index is 0.141. The maximum atomic E-state index is 11.2. The number of carboxylic acids is 1. The molecule has 3 aromatic rings. The molecule has 2 heterocycles. The van der Waals surface area contributed by atoms with Crippen LogP contribution in [0.25, 0.3) is 22.6 Å². The Balaban J connectivity index is 2.20. The molecule has 100 valence electrons. The fourth-order valence-electron chi connectivity index (χ4n) is 1.87. The van der Waals surface area contributed by atoms with Crippen molar-refractivity contribution in [3.63, 3.8) is 0 Å². The van der Waals surface area contributed by atoms with E-state index in [0.717, 1.165) is 10.0 Å². The van der Waals surface area contributed by atoms with Crippen molar-refractivity contribution in [1.29, 1.82) is 0 Å². The number of hydrogen-bond acceptors (Lipinski definition) is 3. The first-order valence-corrected chi connectivity index (χ1v) is 6.77. The zero-order chi connectivity index (χ0) is 14.3. The molecule has 0 saturated heterocycles. The first-order valence-electron chi connectivity index (χ1n) is 5.59. The summed E-state index contributed by atoms with van der Waals surface area (Å²) in [5.41, 5.74) is 1.70. The van der Waals surface area contributed by atoms with Crippen LogP contribution in [0.15, 0.2) is 34.9 Å². The molecule has 0 aliphatic rings. The van der Waals surface area contributed by atoms with Crippen molar-refractivity contribution in [3.05, 3.63) is 45.5 Å². The second kappa shape index (κ2) is 4.88. The smallest absolute Gasteiger partial charge is 0.338 e. The Labute approximate surface area is 126 Å². The summed E-state index contributed by atoms with van der Waals surface area (Å²) in [6, 6.07) is 6.77. The molecule has 0 bridgehead atoms. The highest BCUT2D eigenvalue weighted by molar-refractivity contribution is 9.10. The van der Waals surface area contributed by atoms with Gasteiger partial charge in [-0.3, -0.25) is 0 Å². The Morgan fingerprint density at radius 2 is 2.15 bits per heavy atom. The summed E-state index contributed by atoms with van der Waals surface area (Å²) in [4.78, 5) is 22.5. The van der Waals surface area contributed by atoms with Crippen LogP contribution in [-0.4, -0.2) is 26.0 Å². The Morgan fingerprint density at radius 3 is 2.85 bits per heavy atom. The normalized spacial score (nSPS) is 10.9. The number of aromatic amines is 1. The van der Waals surface area contributed by atoms with Crippen molar-refractivity contribution < 1.29 is 9.90 Å². The number of hydrogen-bond donors (Lipinski definition) is 2. The van der Waals surface area contributed by atoms with E-state index in [1.807, 2.05) is 0 Å². The fourth-order valence-corrected chi connectivity index (χ4v) is 2.37. The van der Waals surface area contributed by atoms with Crippen LogP contribution in [0.5, 0.6) is 0 Å². The van der Waals surface area contributed by atoms with Crippen LogP contribution < -0.4 is 0 Å². The number of halogens is 2. The van der Waals surface area contributed by atoms with Crippen LogP contribution in [0.2, 0.25) is 5.02 Å². The fraction of sp³-hybridized carbons (Fsp3) is 0. The van der Waals surface area contributed by atoms with E-state index < -0.39 is 5.97 Å². The van der Waals surface area contributed by atoms with Gasteiger partial charge in [-0.15, -0.1) is 0 Å². The maximum Gasteiger partial charge on any atom is 0.338 e. The molecular formula is C13H7BrClN3O2. The first-order chi connectivity index (χ1) is 9.56. The van der Waals surface area contributed by atoms with Gasteiger partial charge in [0.2, 0.25) is 0 Å². The van der Waals surface area contributed by atoms with Crippen LogP contribution in [0, 0.1) is 0 Å². The predicted molar refractivity (Wildman–Crippen MR) is 79.0 cm³/mol. The van der Waals surface area contributed by atoms with Crippen molar-refractivity contribution in [3.8, 4) is 11.4 Å². The van der Waals surface area contributed by atoms with E-state index >= 15 is 0 Å². The van der Waals surface area contributed by atoms with E-state index in [2.05, 4.69) is 30.9 Å². The first kappa shape index (κ1) is 13.1. The maximum absolute atomic E-state index is 11.2. The highest BCUT2D eigenvalue weighted by Crippen LogP contribution is 2.28. The number of carboxylic acid groups (broad SMARTS) is 1. The lowest BCUT2D eigenvalue weighted by Crippen LogP contribution is -1.97.